The van der Waals surface area contributed by atoms with Crippen molar-refractivity contribution < 1.29 is 23.5 Å². The van der Waals surface area contributed by atoms with Gasteiger partial charge in [0, 0.05) is 25.8 Å². The molecule has 1 atom stereocenters. The van der Waals surface area contributed by atoms with Crippen molar-refractivity contribution in [2.24, 2.45) is 0 Å². The van der Waals surface area contributed by atoms with Crippen molar-refractivity contribution in [2.75, 3.05) is 20.8 Å². The van der Waals surface area contributed by atoms with Gasteiger partial charge in [0.15, 0.2) is 0 Å². The molecule has 0 aliphatic rings. The Morgan fingerprint density at radius 3 is 2.31 bits per heavy atom. The lowest BCUT2D eigenvalue weighted by molar-refractivity contribution is -0.139. The molecule has 0 aliphatic carbocycles. The van der Waals surface area contributed by atoms with Crippen LogP contribution in [0.5, 0.6) is 5.75 Å². The first-order valence-electron chi connectivity index (χ1n) is 8.01. The van der Waals surface area contributed by atoms with E-state index in [2.05, 4.69) is 10.6 Å². The van der Waals surface area contributed by atoms with Gasteiger partial charge in [0.25, 0.3) is 0 Å². The highest BCUT2D eigenvalue weighted by Gasteiger charge is 2.19. The molecule has 0 fully saturated rings. The third-order valence-electron chi connectivity index (χ3n) is 3.79. The van der Waals surface area contributed by atoms with Gasteiger partial charge in [-0.05, 0) is 23.8 Å². The molecule has 7 heteroatoms. The highest BCUT2D eigenvalue weighted by molar-refractivity contribution is 6.35. The van der Waals surface area contributed by atoms with Crippen molar-refractivity contribution >= 4 is 11.8 Å². The van der Waals surface area contributed by atoms with Crippen LogP contribution in [0.3, 0.4) is 0 Å². The monoisotopic (exact) mass is 360 g/mol. The van der Waals surface area contributed by atoms with E-state index in [1.54, 1.807) is 13.2 Å². The maximum Gasteiger partial charge on any atom is 0.309 e. The van der Waals surface area contributed by atoms with Crippen molar-refractivity contribution in [3.63, 3.8) is 0 Å². The largest absolute Gasteiger partial charge is 0.496 e. The molecule has 138 valence electrons. The van der Waals surface area contributed by atoms with E-state index in [0.29, 0.717) is 11.3 Å². The molecule has 1 unspecified atom stereocenters. The molecule has 2 N–H and O–H groups in total. The summed E-state index contributed by atoms with van der Waals surface area (Å²) in [6.07, 6.45) is -0.458. The predicted octanol–water partition coefficient (Wildman–Crippen LogP) is 1.95. The summed E-state index contributed by atoms with van der Waals surface area (Å²) >= 11 is 0. The van der Waals surface area contributed by atoms with Gasteiger partial charge >= 0.3 is 11.8 Å². The summed E-state index contributed by atoms with van der Waals surface area (Å²) in [5, 5.41) is 5.02. The highest BCUT2D eigenvalue weighted by atomic mass is 19.1. The Hall–Kier alpha value is -2.93. The SMILES string of the molecule is COc1ccccc1C(CNC(=O)C(=O)NCc1ccc(F)cc1)OC. The summed E-state index contributed by atoms with van der Waals surface area (Å²) in [6, 6.07) is 12.9. The fourth-order valence-corrected chi connectivity index (χ4v) is 2.38. The number of hydrogen-bond donors (Lipinski definition) is 2. The molecule has 2 amide bonds. The first kappa shape index (κ1) is 19.4. The Bertz CT molecular complexity index is 749. The summed E-state index contributed by atoms with van der Waals surface area (Å²) in [4.78, 5) is 23.8. The molecular formula is C19H21FN2O4. The van der Waals surface area contributed by atoms with Crippen molar-refractivity contribution in [3.05, 3.63) is 65.5 Å². The van der Waals surface area contributed by atoms with Gasteiger partial charge in [-0.15, -0.1) is 0 Å². The van der Waals surface area contributed by atoms with E-state index in [1.807, 2.05) is 18.2 Å². The van der Waals surface area contributed by atoms with Gasteiger partial charge in [0.1, 0.15) is 17.7 Å². The standard InChI is InChI=1S/C19H21FN2O4/c1-25-16-6-4-3-5-15(16)17(26-2)12-22-19(24)18(23)21-11-13-7-9-14(20)10-8-13/h3-10,17H,11-12H2,1-2H3,(H,21,23)(H,22,24). The van der Waals surface area contributed by atoms with Crippen molar-refractivity contribution in [1.82, 2.24) is 10.6 Å². The minimum Gasteiger partial charge on any atom is -0.496 e. The normalized spacial score (nSPS) is 11.5. The minimum absolute atomic E-state index is 0.111. The van der Waals surface area contributed by atoms with Gasteiger partial charge in [-0.25, -0.2) is 4.39 Å². The minimum atomic E-state index is -0.774. The molecule has 2 aromatic rings. The number of halogens is 1. The van der Waals surface area contributed by atoms with Crippen molar-refractivity contribution in [2.45, 2.75) is 12.6 Å². The third kappa shape index (κ3) is 5.29. The van der Waals surface area contributed by atoms with Crippen LogP contribution in [-0.4, -0.2) is 32.6 Å². The third-order valence-corrected chi connectivity index (χ3v) is 3.79. The van der Waals surface area contributed by atoms with E-state index in [4.69, 9.17) is 9.47 Å². The van der Waals surface area contributed by atoms with Crippen LogP contribution >= 0.6 is 0 Å². The van der Waals surface area contributed by atoms with E-state index < -0.39 is 17.9 Å². The molecule has 2 aromatic carbocycles. The number of rotatable bonds is 7. The lowest BCUT2D eigenvalue weighted by Crippen LogP contribution is -2.41. The molecule has 0 saturated heterocycles. The number of ether oxygens (including phenoxy) is 2. The lowest BCUT2D eigenvalue weighted by Gasteiger charge is -2.18. The van der Waals surface area contributed by atoms with Gasteiger partial charge in [-0.1, -0.05) is 30.3 Å². The van der Waals surface area contributed by atoms with Crippen LogP contribution in [0.25, 0.3) is 0 Å². The first-order valence-corrected chi connectivity index (χ1v) is 8.01. The van der Waals surface area contributed by atoms with Crippen LogP contribution in [-0.2, 0) is 20.9 Å². The van der Waals surface area contributed by atoms with Crippen LogP contribution in [0.4, 0.5) is 4.39 Å². The van der Waals surface area contributed by atoms with Gasteiger partial charge in [0.05, 0.1) is 7.11 Å². The van der Waals surface area contributed by atoms with E-state index in [-0.39, 0.29) is 18.9 Å². The number of benzene rings is 2. The van der Waals surface area contributed by atoms with Crippen molar-refractivity contribution in [1.29, 1.82) is 0 Å². The van der Waals surface area contributed by atoms with Gasteiger partial charge < -0.3 is 20.1 Å². The second-order valence-corrected chi connectivity index (χ2v) is 5.49. The van der Waals surface area contributed by atoms with Gasteiger partial charge in [0.2, 0.25) is 0 Å². The highest BCUT2D eigenvalue weighted by Crippen LogP contribution is 2.26. The Balaban J connectivity index is 1.87. The maximum absolute atomic E-state index is 12.8. The molecule has 0 bridgehead atoms. The van der Waals surface area contributed by atoms with Crippen LogP contribution in [0.2, 0.25) is 0 Å². The molecule has 0 radical (unpaired) electrons. The average Bonchev–Trinajstić information content (AvgIpc) is 2.67. The summed E-state index contributed by atoms with van der Waals surface area (Å²) in [6.45, 7) is 0.242. The van der Waals surface area contributed by atoms with Crippen LogP contribution < -0.4 is 15.4 Å². The first-order chi connectivity index (χ1) is 12.5. The molecule has 26 heavy (non-hydrogen) atoms. The Morgan fingerprint density at radius 2 is 1.65 bits per heavy atom. The van der Waals surface area contributed by atoms with Crippen molar-refractivity contribution in [3.8, 4) is 5.75 Å². The summed E-state index contributed by atoms with van der Waals surface area (Å²) in [7, 11) is 3.06. The smallest absolute Gasteiger partial charge is 0.309 e. The fourth-order valence-electron chi connectivity index (χ4n) is 2.38. The number of para-hydroxylation sites is 1. The zero-order chi connectivity index (χ0) is 18.9. The van der Waals surface area contributed by atoms with E-state index >= 15 is 0 Å². The number of methoxy groups -OCH3 is 2. The van der Waals surface area contributed by atoms with E-state index in [0.717, 1.165) is 5.56 Å². The van der Waals surface area contributed by atoms with Crippen LogP contribution in [0.15, 0.2) is 48.5 Å². The quantitative estimate of drug-likeness (QED) is 0.740. The number of carbonyl (C=O) groups is 2. The average molecular weight is 360 g/mol. The summed E-state index contributed by atoms with van der Waals surface area (Å²) < 4.78 is 23.5. The Kier molecular flexibility index (Phi) is 7.11. The number of hydrogen-bond acceptors (Lipinski definition) is 4. The lowest BCUT2D eigenvalue weighted by atomic mass is 10.1. The number of amides is 2. The second kappa shape index (κ2) is 9.53. The van der Waals surface area contributed by atoms with Gasteiger partial charge in [-0.2, -0.15) is 0 Å². The molecule has 0 aliphatic heterocycles. The fraction of sp³-hybridized carbons (Fsp3) is 0.263. The number of nitrogens with one attached hydrogen (secondary N) is 2. The molecule has 6 nitrogen and oxygen atoms in total. The summed E-state index contributed by atoms with van der Waals surface area (Å²) in [5.74, 6) is -1.28. The second-order valence-electron chi connectivity index (χ2n) is 5.49. The summed E-state index contributed by atoms with van der Waals surface area (Å²) in [5.41, 5.74) is 1.46. The molecule has 2 rings (SSSR count). The zero-order valence-electron chi connectivity index (χ0n) is 14.6. The Morgan fingerprint density at radius 1 is 1.00 bits per heavy atom. The molecule has 0 heterocycles. The molecule has 0 saturated carbocycles. The molecular weight excluding hydrogens is 339 g/mol. The molecule has 0 spiro atoms. The zero-order valence-corrected chi connectivity index (χ0v) is 14.6. The Labute approximate surface area is 151 Å². The number of carbonyl (C=O) groups excluding carboxylic acids is 2. The van der Waals surface area contributed by atoms with E-state index in [1.165, 1.54) is 31.4 Å². The topological polar surface area (TPSA) is 76.7 Å². The van der Waals surface area contributed by atoms with Crippen LogP contribution in [0, 0.1) is 5.82 Å². The van der Waals surface area contributed by atoms with Gasteiger partial charge in [-0.3, -0.25) is 9.59 Å². The van der Waals surface area contributed by atoms with E-state index in [9.17, 15) is 14.0 Å². The predicted molar refractivity (Wildman–Crippen MR) is 94.0 cm³/mol. The van der Waals surface area contributed by atoms with Crippen LogP contribution in [0.1, 0.15) is 17.2 Å². The molecule has 0 aromatic heterocycles. The maximum atomic E-state index is 12.8.